The van der Waals surface area contributed by atoms with Crippen LogP contribution in [0.25, 0.3) is 6.08 Å². The molecule has 2 rings (SSSR count). The van der Waals surface area contributed by atoms with Crippen molar-refractivity contribution in [1.82, 2.24) is 4.90 Å². The van der Waals surface area contributed by atoms with Gasteiger partial charge in [0.05, 0.1) is 19.1 Å². The maximum Gasteiger partial charge on any atom is 0.325 e. The number of ether oxygens (including phenoxy) is 2. The van der Waals surface area contributed by atoms with Gasteiger partial charge in [0.25, 0.3) is 5.24 Å². The number of carbonyl (C=O) groups is 2. The van der Waals surface area contributed by atoms with Crippen LogP contribution in [0.5, 0.6) is 5.75 Å². The summed E-state index contributed by atoms with van der Waals surface area (Å²) in [5.74, 6) is 0.249. The third-order valence-corrected chi connectivity index (χ3v) is 4.30. The first-order valence-electron chi connectivity index (χ1n) is 6.01. The molecule has 0 bridgehead atoms. The summed E-state index contributed by atoms with van der Waals surface area (Å²) in [4.78, 5) is 25.4. The smallest absolute Gasteiger partial charge is 0.325 e. The highest BCUT2D eigenvalue weighted by molar-refractivity contribution is 8.19. The molecule has 0 N–H and O–H groups in total. The lowest BCUT2D eigenvalue weighted by Crippen LogP contribution is -2.33. The summed E-state index contributed by atoms with van der Waals surface area (Å²) < 4.78 is 9.64. The van der Waals surface area contributed by atoms with Gasteiger partial charge in [0, 0.05) is 0 Å². The average Bonchev–Trinajstić information content (AvgIpc) is 2.75. The maximum absolute atomic E-state index is 11.9. The zero-order valence-electron chi connectivity index (χ0n) is 11.5. The SMILES string of the molecule is COC(=O)CN1C(=O)S/C(=C/c2ccc(OC)cc2)C1=S. The lowest BCUT2D eigenvalue weighted by molar-refractivity contribution is -0.140. The first-order valence-corrected chi connectivity index (χ1v) is 7.24. The Hall–Kier alpha value is -1.86. The lowest BCUT2D eigenvalue weighted by atomic mass is 10.2. The van der Waals surface area contributed by atoms with Crippen LogP contribution < -0.4 is 4.74 Å². The second kappa shape index (κ2) is 6.73. The Morgan fingerprint density at radius 3 is 2.57 bits per heavy atom. The highest BCUT2D eigenvalue weighted by Gasteiger charge is 2.33. The monoisotopic (exact) mass is 323 g/mol. The van der Waals surface area contributed by atoms with Crippen LogP contribution in [0, 0.1) is 0 Å². The van der Waals surface area contributed by atoms with E-state index in [1.165, 1.54) is 12.0 Å². The van der Waals surface area contributed by atoms with Crippen molar-refractivity contribution in [1.29, 1.82) is 0 Å². The third-order valence-electron chi connectivity index (χ3n) is 2.80. The Labute approximate surface area is 131 Å². The summed E-state index contributed by atoms with van der Waals surface area (Å²) in [7, 11) is 2.87. The first-order chi connectivity index (χ1) is 10.0. The number of carbonyl (C=O) groups excluding carboxylic acids is 2. The van der Waals surface area contributed by atoms with Crippen molar-refractivity contribution in [3.8, 4) is 5.75 Å². The molecule has 110 valence electrons. The minimum absolute atomic E-state index is 0.166. The second-order valence-corrected chi connectivity index (χ2v) is 5.50. The van der Waals surface area contributed by atoms with Crippen LogP contribution in [-0.2, 0) is 9.53 Å². The molecule has 1 saturated heterocycles. The van der Waals surface area contributed by atoms with Crippen LogP contribution in [0.3, 0.4) is 0 Å². The van der Waals surface area contributed by atoms with Gasteiger partial charge in [-0.2, -0.15) is 0 Å². The van der Waals surface area contributed by atoms with E-state index in [2.05, 4.69) is 4.74 Å². The van der Waals surface area contributed by atoms with Crippen LogP contribution in [0.4, 0.5) is 4.79 Å². The summed E-state index contributed by atoms with van der Waals surface area (Å²) in [5, 5.41) is -0.273. The average molecular weight is 323 g/mol. The number of thiocarbonyl (C=S) groups is 1. The molecule has 1 aliphatic rings. The van der Waals surface area contributed by atoms with Crippen molar-refractivity contribution in [2.75, 3.05) is 20.8 Å². The number of amides is 1. The largest absolute Gasteiger partial charge is 0.497 e. The predicted octanol–water partition coefficient (Wildman–Crippen LogP) is 2.71. The molecule has 0 radical (unpaired) electrons. The van der Waals surface area contributed by atoms with Gasteiger partial charge in [-0.25, -0.2) is 0 Å². The number of rotatable bonds is 4. The minimum Gasteiger partial charge on any atom is -0.497 e. The van der Waals surface area contributed by atoms with Crippen LogP contribution in [0.1, 0.15) is 5.56 Å². The molecule has 1 fully saturated rings. The van der Waals surface area contributed by atoms with Crippen molar-refractivity contribution in [3.05, 3.63) is 34.7 Å². The second-order valence-electron chi connectivity index (χ2n) is 4.12. The summed E-state index contributed by atoms with van der Waals surface area (Å²) >= 11 is 6.24. The normalized spacial score (nSPS) is 16.5. The maximum atomic E-state index is 11.9. The molecule has 0 aromatic heterocycles. The molecule has 21 heavy (non-hydrogen) atoms. The number of nitrogens with zero attached hydrogens (tertiary/aromatic N) is 1. The van der Waals surface area contributed by atoms with E-state index in [-0.39, 0.29) is 11.8 Å². The molecule has 0 saturated carbocycles. The topological polar surface area (TPSA) is 55.8 Å². The Morgan fingerprint density at radius 2 is 2.00 bits per heavy atom. The molecular weight excluding hydrogens is 310 g/mol. The molecule has 0 aliphatic carbocycles. The van der Waals surface area contributed by atoms with Gasteiger partial charge >= 0.3 is 5.97 Å². The van der Waals surface area contributed by atoms with Crippen molar-refractivity contribution in [2.45, 2.75) is 0 Å². The van der Waals surface area contributed by atoms with Gasteiger partial charge in [0.1, 0.15) is 17.3 Å². The van der Waals surface area contributed by atoms with Gasteiger partial charge in [-0.05, 0) is 35.5 Å². The quantitative estimate of drug-likeness (QED) is 0.482. The van der Waals surface area contributed by atoms with Crippen molar-refractivity contribution < 1.29 is 19.1 Å². The Balaban J connectivity index is 2.17. The van der Waals surface area contributed by atoms with Gasteiger partial charge in [-0.15, -0.1) is 0 Å². The number of esters is 1. The van der Waals surface area contributed by atoms with Gasteiger partial charge < -0.3 is 9.47 Å². The molecule has 0 unspecified atom stereocenters. The van der Waals surface area contributed by atoms with Crippen molar-refractivity contribution in [2.24, 2.45) is 0 Å². The van der Waals surface area contributed by atoms with E-state index >= 15 is 0 Å². The summed E-state index contributed by atoms with van der Waals surface area (Å²) in [6, 6.07) is 7.37. The van der Waals surface area contributed by atoms with Crippen LogP contribution in [0.15, 0.2) is 29.2 Å². The van der Waals surface area contributed by atoms with Crippen LogP contribution >= 0.6 is 24.0 Å². The van der Waals surface area contributed by atoms with Crippen LogP contribution in [0.2, 0.25) is 0 Å². The van der Waals surface area contributed by atoms with Gasteiger partial charge in [0.15, 0.2) is 0 Å². The highest BCUT2D eigenvalue weighted by atomic mass is 32.2. The van der Waals surface area contributed by atoms with E-state index in [4.69, 9.17) is 17.0 Å². The highest BCUT2D eigenvalue weighted by Crippen LogP contribution is 2.33. The summed E-state index contributed by atoms with van der Waals surface area (Å²) in [6.07, 6.45) is 1.81. The molecule has 0 spiro atoms. The Kier molecular flexibility index (Phi) is 4.98. The fourth-order valence-corrected chi connectivity index (χ4v) is 2.92. The summed E-state index contributed by atoms with van der Waals surface area (Å²) in [5.41, 5.74) is 0.897. The molecule has 1 aromatic carbocycles. The van der Waals surface area contributed by atoms with Crippen molar-refractivity contribution in [3.63, 3.8) is 0 Å². The molecule has 5 nitrogen and oxygen atoms in total. The van der Waals surface area contributed by atoms with E-state index in [9.17, 15) is 9.59 Å². The third kappa shape index (κ3) is 3.62. The van der Waals surface area contributed by atoms with E-state index in [0.717, 1.165) is 23.1 Å². The fraction of sp³-hybridized carbons (Fsp3) is 0.214. The van der Waals surface area contributed by atoms with Gasteiger partial charge in [-0.3, -0.25) is 14.5 Å². The van der Waals surface area contributed by atoms with E-state index in [0.29, 0.717) is 9.89 Å². The minimum atomic E-state index is -0.503. The Morgan fingerprint density at radius 1 is 1.33 bits per heavy atom. The molecule has 7 heteroatoms. The molecule has 1 heterocycles. The first kappa shape index (κ1) is 15.5. The van der Waals surface area contributed by atoms with Gasteiger partial charge in [0.2, 0.25) is 0 Å². The number of methoxy groups -OCH3 is 2. The van der Waals surface area contributed by atoms with Crippen molar-refractivity contribution >= 4 is 46.3 Å². The molecule has 1 aliphatic heterocycles. The molecular formula is C14H13NO4S2. The number of benzene rings is 1. The Bertz CT molecular complexity index is 610. The van der Waals surface area contributed by atoms with Crippen LogP contribution in [-0.4, -0.2) is 41.9 Å². The molecule has 1 amide bonds. The van der Waals surface area contributed by atoms with E-state index in [1.807, 2.05) is 30.3 Å². The zero-order chi connectivity index (χ0) is 15.4. The summed E-state index contributed by atoms with van der Waals surface area (Å²) in [6.45, 7) is -0.166. The number of hydrogen-bond acceptors (Lipinski definition) is 6. The van der Waals surface area contributed by atoms with Gasteiger partial charge in [-0.1, -0.05) is 24.4 Å². The van der Waals surface area contributed by atoms with E-state index < -0.39 is 5.97 Å². The standard InChI is InChI=1S/C14H13NO4S2/c1-18-10-5-3-9(4-6-10)7-11-13(20)15(14(17)21-11)8-12(16)19-2/h3-7H,8H2,1-2H3/b11-7+. The van der Waals surface area contributed by atoms with E-state index in [1.54, 1.807) is 7.11 Å². The lowest BCUT2D eigenvalue weighted by Gasteiger charge is -2.12. The predicted molar refractivity (Wildman–Crippen MR) is 85.3 cm³/mol. The molecule has 0 atom stereocenters. The molecule has 1 aromatic rings. The fourth-order valence-electron chi connectivity index (χ4n) is 1.68. The number of hydrogen-bond donors (Lipinski definition) is 0. The number of thioether (sulfide) groups is 1. The zero-order valence-corrected chi connectivity index (χ0v) is 13.1.